The lowest BCUT2D eigenvalue weighted by Crippen LogP contribution is -2.54. The molecule has 31 heavy (non-hydrogen) atoms. The van der Waals surface area contributed by atoms with Crippen molar-refractivity contribution in [3.63, 3.8) is 0 Å². The lowest BCUT2D eigenvalue weighted by atomic mass is 9.96. The van der Waals surface area contributed by atoms with E-state index in [9.17, 15) is 17.2 Å². The zero-order valence-corrected chi connectivity index (χ0v) is 18.9. The fourth-order valence-electron chi connectivity index (χ4n) is 4.86. The Labute approximate surface area is 182 Å². The van der Waals surface area contributed by atoms with Crippen LogP contribution in [0.1, 0.15) is 57.4 Å². The SMILES string of the molecule is CC(c1nc2ccccc2n1C(F)F)N1CCN(S(=O)(=O)N(C)C2CCCCC2)CC1. The molecule has 172 valence electrons. The maximum atomic E-state index is 13.8. The third-order valence-electron chi connectivity index (χ3n) is 6.79. The number of hydrogen-bond acceptors (Lipinski definition) is 4. The number of rotatable bonds is 6. The van der Waals surface area contributed by atoms with E-state index < -0.39 is 16.8 Å². The van der Waals surface area contributed by atoms with Gasteiger partial charge in [0.25, 0.3) is 10.2 Å². The summed E-state index contributed by atoms with van der Waals surface area (Å²) in [6.07, 6.45) is 5.14. The number of imidazole rings is 1. The number of para-hydroxylation sites is 2. The van der Waals surface area contributed by atoms with Gasteiger partial charge in [-0.25, -0.2) is 4.98 Å². The fourth-order valence-corrected chi connectivity index (χ4v) is 6.44. The van der Waals surface area contributed by atoms with Crippen LogP contribution in [0, 0.1) is 0 Å². The van der Waals surface area contributed by atoms with Crippen LogP contribution in [-0.4, -0.2) is 70.7 Å². The number of benzene rings is 1. The molecule has 0 N–H and O–H groups in total. The molecule has 1 atom stereocenters. The average Bonchev–Trinajstić information content (AvgIpc) is 3.18. The normalized spacial score (nSPS) is 21.4. The number of fused-ring (bicyclic) bond motifs is 1. The van der Waals surface area contributed by atoms with Crippen LogP contribution in [0.3, 0.4) is 0 Å². The molecule has 2 fully saturated rings. The predicted molar refractivity (Wildman–Crippen MR) is 116 cm³/mol. The molecule has 1 saturated carbocycles. The molecular weight excluding hydrogens is 424 g/mol. The van der Waals surface area contributed by atoms with Gasteiger partial charge in [-0.1, -0.05) is 31.4 Å². The largest absolute Gasteiger partial charge is 0.320 e. The Kier molecular flexibility index (Phi) is 6.62. The third-order valence-corrected chi connectivity index (χ3v) is 8.84. The van der Waals surface area contributed by atoms with Crippen LogP contribution in [0.2, 0.25) is 0 Å². The van der Waals surface area contributed by atoms with E-state index in [4.69, 9.17) is 0 Å². The highest BCUT2D eigenvalue weighted by molar-refractivity contribution is 7.86. The Morgan fingerprint density at radius 3 is 2.35 bits per heavy atom. The maximum absolute atomic E-state index is 13.8. The van der Waals surface area contributed by atoms with Crippen LogP contribution >= 0.6 is 0 Å². The van der Waals surface area contributed by atoms with E-state index >= 15 is 0 Å². The molecule has 0 bridgehead atoms. The Morgan fingerprint density at radius 1 is 1.06 bits per heavy atom. The molecule has 2 aliphatic rings. The van der Waals surface area contributed by atoms with Gasteiger partial charge in [0.1, 0.15) is 5.82 Å². The first kappa shape index (κ1) is 22.6. The van der Waals surface area contributed by atoms with Crippen LogP contribution < -0.4 is 0 Å². The highest BCUT2D eigenvalue weighted by Crippen LogP contribution is 2.31. The summed E-state index contributed by atoms with van der Waals surface area (Å²) in [5.74, 6) is 0.312. The van der Waals surface area contributed by atoms with Gasteiger partial charge in [-0.05, 0) is 31.9 Å². The molecule has 1 saturated heterocycles. The standard InChI is InChI=1S/C21H31F2N5O2S/c1-16(20-24-18-10-6-7-11-19(18)28(20)21(22)23)26-12-14-27(15-13-26)31(29,30)25(2)17-8-4-3-5-9-17/h6-7,10-11,16-17,21H,3-5,8-9,12-15H2,1-2H3. The van der Waals surface area contributed by atoms with Crippen LogP contribution in [0.25, 0.3) is 11.0 Å². The van der Waals surface area contributed by atoms with Gasteiger partial charge in [0.05, 0.1) is 17.1 Å². The lowest BCUT2D eigenvalue weighted by Gasteiger charge is -2.40. The second-order valence-corrected chi connectivity index (χ2v) is 10.5. The van der Waals surface area contributed by atoms with Gasteiger partial charge in [0.15, 0.2) is 0 Å². The number of alkyl halides is 2. The molecule has 1 aliphatic carbocycles. The molecule has 0 radical (unpaired) electrons. The van der Waals surface area contributed by atoms with E-state index in [1.807, 2.05) is 11.8 Å². The van der Waals surface area contributed by atoms with Crippen LogP contribution in [0.4, 0.5) is 8.78 Å². The van der Waals surface area contributed by atoms with Gasteiger partial charge >= 0.3 is 6.55 Å². The summed E-state index contributed by atoms with van der Waals surface area (Å²) in [6, 6.07) is 6.62. The van der Waals surface area contributed by atoms with E-state index in [0.717, 1.165) is 30.3 Å². The molecule has 2 heterocycles. The molecule has 1 aliphatic heterocycles. The van der Waals surface area contributed by atoms with E-state index in [1.165, 1.54) is 10.7 Å². The molecule has 10 heteroatoms. The molecular formula is C21H31F2N5O2S. The van der Waals surface area contributed by atoms with Gasteiger partial charge in [-0.3, -0.25) is 9.47 Å². The van der Waals surface area contributed by atoms with E-state index in [-0.39, 0.29) is 12.1 Å². The molecule has 7 nitrogen and oxygen atoms in total. The molecule has 1 aromatic carbocycles. The quantitative estimate of drug-likeness (QED) is 0.668. The van der Waals surface area contributed by atoms with Crippen molar-refractivity contribution < 1.29 is 17.2 Å². The van der Waals surface area contributed by atoms with Crippen molar-refractivity contribution in [2.75, 3.05) is 33.2 Å². The third kappa shape index (κ3) is 4.35. The first-order chi connectivity index (χ1) is 14.8. The number of piperazine rings is 1. The Balaban J connectivity index is 1.46. The number of nitrogens with zero attached hydrogens (tertiary/aromatic N) is 5. The zero-order valence-electron chi connectivity index (χ0n) is 18.1. The summed E-state index contributed by atoms with van der Waals surface area (Å²) in [5, 5.41) is 0. The van der Waals surface area contributed by atoms with Gasteiger partial charge in [-0.2, -0.15) is 25.8 Å². The van der Waals surface area contributed by atoms with Crippen molar-refractivity contribution in [1.82, 2.24) is 23.1 Å². The minimum Gasteiger partial charge on any atom is -0.291 e. The lowest BCUT2D eigenvalue weighted by molar-refractivity contribution is 0.0613. The minimum atomic E-state index is -3.52. The van der Waals surface area contributed by atoms with Crippen molar-refractivity contribution in [1.29, 1.82) is 0 Å². The van der Waals surface area contributed by atoms with E-state index in [2.05, 4.69) is 4.98 Å². The van der Waals surface area contributed by atoms with Crippen LogP contribution in [0.15, 0.2) is 24.3 Å². The Morgan fingerprint density at radius 2 is 1.71 bits per heavy atom. The maximum Gasteiger partial charge on any atom is 0.320 e. The predicted octanol–water partition coefficient (Wildman–Crippen LogP) is 3.62. The fraction of sp³-hybridized carbons (Fsp3) is 0.667. The smallest absolute Gasteiger partial charge is 0.291 e. The average molecular weight is 456 g/mol. The second-order valence-electron chi connectivity index (χ2n) is 8.53. The van der Waals surface area contributed by atoms with Gasteiger partial charge < -0.3 is 0 Å². The molecule has 1 unspecified atom stereocenters. The summed E-state index contributed by atoms with van der Waals surface area (Å²) in [7, 11) is -1.83. The summed E-state index contributed by atoms with van der Waals surface area (Å²) in [4.78, 5) is 6.50. The monoisotopic (exact) mass is 455 g/mol. The van der Waals surface area contributed by atoms with Crippen LogP contribution in [-0.2, 0) is 10.2 Å². The second kappa shape index (κ2) is 9.09. The summed E-state index contributed by atoms with van der Waals surface area (Å²) >= 11 is 0. The summed E-state index contributed by atoms with van der Waals surface area (Å²) in [5.41, 5.74) is 0.953. The topological polar surface area (TPSA) is 61.7 Å². The number of aromatic nitrogens is 2. The minimum absolute atomic E-state index is 0.0710. The van der Waals surface area contributed by atoms with E-state index in [1.54, 1.807) is 35.6 Å². The van der Waals surface area contributed by atoms with Crippen molar-refractivity contribution in [2.24, 2.45) is 0 Å². The van der Waals surface area contributed by atoms with Crippen molar-refractivity contribution in [3.05, 3.63) is 30.1 Å². The van der Waals surface area contributed by atoms with Gasteiger partial charge in [-0.15, -0.1) is 0 Å². The Bertz CT molecular complexity index is 998. The highest BCUT2D eigenvalue weighted by Gasteiger charge is 2.36. The summed E-state index contributed by atoms with van der Waals surface area (Å²) in [6.45, 7) is 0.822. The van der Waals surface area contributed by atoms with Crippen molar-refractivity contribution in [2.45, 2.75) is 57.7 Å². The van der Waals surface area contributed by atoms with Crippen molar-refractivity contribution in [3.8, 4) is 0 Å². The Hall–Kier alpha value is -1.62. The molecule has 0 spiro atoms. The number of halogens is 2. The van der Waals surface area contributed by atoms with Crippen LogP contribution in [0.5, 0.6) is 0 Å². The zero-order chi connectivity index (χ0) is 22.2. The first-order valence-corrected chi connectivity index (χ1v) is 12.4. The van der Waals surface area contributed by atoms with E-state index in [0.29, 0.717) is 43.0 Å². The molecule has 2 aromatic rings. The van der Waals surface area contributed by atoms with Crippen molar-refractivity contribution >= 4 is 21.2 Å². The summed E-state index contributed by atoms with van der Waals surface area (Å²) < 4.78 is 57.9. The van der Waals surface area contributed by atoms with Gasteiger partial charge in [0, 0.05) is 39.3 Å². The highest BCUT2D eigenvalue weighted by atomic mass is 32.2. The molecule has 1 aromatic heterocycles. The first-order valence-electron chi connectivity index (χ1n) is 11.0. The number of hydrogen-bond donors (Lipinski definition) is 0. The molecule has 4 rings (SSSR count). The van der Waals surface area contributed by atoms with Gasteiger partial charge in [0.2, 0.25) is 0 Å². The molecule has 0 amide bonds.